The molecular weight excluding hydrogens is 274 g/mol. The minimum atomic E-state index is -0.532. The van der Waals surface area contributed by atoms with Gasteiger partial charge in [-0.2, -0.15) is 0 Å². The fourth-order valence-corrected chi connectivity index (χ4v) is 3.34. The van der Waals surface area contributed by atoms with Gasteiger partial charge in [0.25, 0.3) is 0 Å². The van der Waals surface area contributed by atoms with Crippen molar-refractivity contribution in [3.63, 3.8) is 0 Å². The minimum absolute atomic E-state index is 0.0629. The van der Waals surface area contributed by atoms with Crippen molar-refractivity contribution in [3.8, 4) is 0 Å². The van der Waals surface area contributed by atoms with Gasteiger partial charge in [0.1, 0.15) is 11.6 Å². The molecule has 2 rings (SSSR count). The monoisotopic (exact) mass is 286 g/mol. The van der Waals surface area contributed by atoms with Crippen molar-refractivity contribution in [1.82, 2.24) is 0 Å². The van der Waals surface area contributed by atoms with Crippen molar-refractivity contribution in [2.45, 2.75) is 25.1 Å². The van der Waals surface area contributed by atoms with E-state index in [9.17, 15) is 8.78 Å². The maximum atomic E-state index is 13.5. The van der Waals surface area contributed by atoms with Gasteiger partial charge in [-0.25, -0.2) is 8.78 Å². The van der Waals surface area contributed by atoms with Crippen LogP contribution in [0.15, 0.2) is 29.6 Å². The summed E-state index contributed by atoms with van der Waals surface area (Å²) in [5.41, 5.74) is 1.21. The maximum Gasteiger partial charge on any atom is 0.129 e. The number of benzene rings is 1. The molecule has 0 fully saturated rings. The highest BCUT2D eigenvalue weighted by atomic mass is 35.5. The average molecular weight is 287 g/mol. The number of hydrogen-bond acceptors (Lipinski definition) is 1. The number of thiophene rings is 1. The fraction of sp³-hybridized carbons (Fsp3) is 0.286. The summed E-state index contributed by atoms with van der Waals surface area (Å²) >= 11 is 7.82. The third-order valence-corrected chi connectivity index (χ3v) is 4.47. The summed E-state index contributed by atoms with van der Waals surface area (Å²) in [6, 6.07) is 5.89. The van der Waals surface area contributed by atoms with Gasteiger partial charge in [-0.1, -0.05) is 13.0 Å². The zero-order valence-corrected chi connectivity index (χ0v) is 11.5. The lowest BCUT2D eigenvalue weighted by Crippen LogP contribution is -2.01. The molecule has 0 N–H and O–H groups in total. The Kier molecular flexibility index (Phi) is 4.36. The molecule has 0 amide bonds. The molecule has 0 saturated carbocycles. The molecule has 0 bridgehead atoms. The second-order valence-electron chi connectivity index (χ2n) is 4.04. The van der Waals surface area contributed by atoms with Crippen molar-refractivity contribution in [2.75, 3.05) is 0 Å². The molecule has 1 heterocycles. The first-order valence-electron chi connectivity index (χ1n) is 5.76. The van der Waals surface area contributed by atoms with Gasteiger partial charge in [0.15, 0.2) is 0 Å². The van der Waals surface area contributed by atoms with Crippen molar-refractivity contribution in [2.24, 2.45) is 0 Å². The molecule has 1 atom stereocenters. The molecule has 0 aliphatic rings. The average Bonchev–Trinajstić information content (AvgIpc) is 2.82. The molecule has 0 saturated heterocycles. The lowest BCUT2D eigenvalue weighted by Gasteiger charge is -2.11. The van der Waals surface area contributed by atoms with E-state index in [0.29, 0.717) is 0 Å². The topological polar surface area (TPSA) is 0 Å². The van der Waals surface area contributed by atoms with Crippen molar-refractivity contribution in [1.29, 1.82) is 0 Å². The Hall–Kier alpha value is -0.930. The van der Waals surface area contributed by atoms with Crippen LogP contribution in [0.25, 0.3) is 0 Å². The first-order valence-corrected chi connectivity index (χ1v) is 7.08. The van der Waals surface area contributed by atoms with E-state index < -0.39 is 11.6 Å². The highest BCUT2D eigenvalue weighted by Gasteiger charge is 2.18. The third-order valence-electron chi connectivity index (χ3n) is 2.89. The molecular formula is C14H13ClF2S. The quantitative estimate of drug-likeness (QED) is 0.685. The first kappa shape index (κ1) is 13.5. The molecule has 0 nitrogen and oxygen atoms in total. The number of hydrogen-bond donors (Lipinski definition) is 0. The van der Waals surface area contributed by atoms with Gasteiger partial charge >= 0.3 is 0 Å². The Labute approximate surface area is 114 Å². The van der Waals surface area contributed by atoms with E-state index in [1.54, 1.807) is 0 Å². The Morgan fingerprint density at radius 2 is 1.89 bits per heavy atom. The standard InChI is InChI=1S/C14H13ClF2S/c1-2-9-6-7-18-14(9)11(15)8-10-12(16)4-3-5-13(10)17/h3-7,11H,2,8H2,1H3. The summed E-state index contributed by atoms with van der Waals surface area (Å²) < 4.78 is 27.1. The summed E-state index contributed by atoms with van der Waals surface area (Å²) in [5, 5.41) is 1.58. The maximum absolute atomic E-state index is 13.5. The van der Waals surface area contributed by atoms with Crippen molar-refractivity contribution in [3.05, 3.63) is 57.3 Å². The Balaban J connectivity index is 2.24. The molecule has 1 aromatic heterocycles. The van der Waals surface area contributed by atoms with Crippen LogP contribution >= 0.6 is 22.9 Å². The van der Waals surface area contributed by atoms with E-state index in [4.69, 9.17) is 11.6 Å². The highest BCUT2D eigenvalue weighted by Crippen LogP contribution is 2.33. The molecule has 2 aromatic rings. The van der Waals surface area contributed by atoms with Gasteiger partial charge in [0.05, 0.1) is 5.38 Å². The zero-order chi connectivity index (χ0) is 13.1. The summed E-state index contributed by atoms with van der Waals surface area (Å²) in [7, 11) is 0. The molecule has 0 aliphatic carbocycles. The third kappa shape index (κ3) is 2.73. The van der Waals surface area contributed by atoms with Crippen LogP contribution in [-0.2, 0) is 12.8 Å². The van der Waals surface area contributed by atoms with E-state index in [1.807, 2.05) is 18.4 Å². The van der Waals surface area contributed by atoms with Crippen molar-refractivity contribution < 1.29 is 8.78 Å². The lowest BCUT2D eigenvalue weighted by atomic mass is 10.0. The predicted octanol–water partition coefficient (Wildman–Crippen LogP) is 5.11. The SMILES string of the molecule is CCc1ccsc1C(Cl)Cc1c(F)cccc1F. The molecule has 18 heavy (non-hydrogen) atoms. The zero-order valence-electron chi connectivity index (χ0n) is 9.92. The summed E-state index contributed by atoms with van der Waals surface area (Å²) in [4.78, 5) is 1.00. The van der Waals surface area contributed by atoms with Gasteiger partial charge in [0.2, 0.25) is 0 Å². The molecule has 1 unspecified atom stereocenters. The first-order chi connectivity index (χ1) is 8.63. The van der Waals surface area contributed by atoms with Crippen LogP contribution in [0, 0.1) is 11.6 Å². The van der Waals surface area contributed by atoms with Gasteiger partial charge in [-0.05, 0) is 42.0 Å². The smallest absolute Gasteiger partial charge is 0.129 e. The van der Waals surface area contributed by atoms with Gasteiger partial charge in [-0.15, -0.1) is 22.9 Å². The largest absolute Gasteiger partial charge is 0.207 e. The summed E-state index contributed by atoms with van der Waals surface area (Å²) in [5.74, 6) is -1.06. The van der Waals surface area contributed by atoms with Crippen LogP contribution in [0.2, 0.25) is 0 Å². The molecule has 0 aliphatic heterocycles. The second-order valence-corrected chi connectivity index (χ2v) is 5.51. The van der Waals surface area contributed by atoms with Crippen LogP contribution in [0.5, 0.6) is 0 Å². The molecule has 1 aromatic carbocycles. The van der Waals surface area contributed by atoms with E-state index in [1.165, 1.54) is 29.5 Å². The van der Waals surface area contributed by atoms with E-state index in [2.05, 4.69) is 0 Å². The molecule has 96 valence electrons. The van der Waals surface area contributed by atoms with Gasteiger partial charge < -0.3 is 0 Å². The van der Waals surface area contributed by atoms with E-state index in [0.717, 1.165) is 16.9 Å². The van der Waals surface area contributed by atoms with Crippen molar-refractivity contribution >= 4 is 22.9 Å². The van der Waals surface area contributed by atoms with Crippen LogP contribution in [0.4, 0.5) is 8.78 Å². The van der Waals surface area contributed by atoms with E-state index in [-0.39, 0.29) is 17.4 Å². The Morgan fingerprint density at radius 1 is 1.22 bits per heavy atom. The Morgan fingerprint density at radius 3 is 2.50 bits per heavy atom. The lowest BCUT2D eigenvalue weighted by molar-refractivity contribution is 0.553. The van der Waals surface area contributed by atoms with Gasteiger partial charge in [-0.3, -0.25) is 0 Å². The minimum Gasteiger partial charge on any atom is -0.207 e. The predicted molar refractivity (Wildman–Crippen MR) is 72.4 cm³/mol. The van der Waals surface area contributed by atoms with Crippen LogP contribution in [0.3, 0.4) is 0 Å². The molecule has 0 spiro atoms. The highest BCUT2D eigenvalue weighted by molar-refractivity contribution is 7.10. The second kappa shape index (κ2) is 5.81. The van der Waals surface area contributed by atoms with Crippen LogP contribution < -0.4 is 0 Å². The summed E-state index contributed by atoms with van der Waals surface area (Å²) in [6.07, 6.45) is 1.05. The number of halogens is 3. The molecule has 4 heteroatoms. The fourth-order valence-electron chi connectivity index (χ4n) is 1.91. The number of aryl methyl sites for hydroxylation is 1. The Bertz CT molecular complexity index is 516. The normalized spacial score (nSPS) is 12.7. The molecule has 0 radical (unpaired) electrons. The van der Waals surface area contributed by atoms with Crippen LogP contribution in [-0.4, -0.2) is 0 Å². The van der Waals surface area contributed by atoms with E-state index >= 15 is 0 Å². The number of alkyl halides is 1. The summed E-state index contributed by atoms with van der Waals surface area (Å²) in [6.45, 7) is 2.04. The van der Waals surface area contributed by atoms with Crippen LogP contribution in [0.1, 0.15) is 28.3 Å². The number of rotatable bonds is 4. The van der Waals surface area contributed by atoms with Gasteiger partial charge in [0, 0.05) is 10.4 Å².